The van der Waals surface area contributed by atoms with Gasteiger partial charge in [-0.3, -0.25) is 0 Å². The van der Waals surface area contributed by atoms with Crippen molar-refractivity contribution in [2.45, 2.75) is 27.2 Å². The van der Waals surface area contributed by atoms with Crippen LogP contribution in [0.2, 0.25) is 0 Å². The second-order valence-corrected chi connectivity index (χ2v) is 3.65. The molecule has 0 atom stereocenters. The van der Waals surface area contributed by atoms with E-state index in [4.69, 9.17) is 4.74 Å². The maximum atomic E-state index is 10.5. The fourth-order valence-electron chi connectivity index (χ4n) is 0.509. The molecule has 0 aliphatic carbocycles. The molecule has 0 aromatic rings. The molecule has 0 aliphatic heterocycles. The second kappa shape index (κ2) is 4.21. The van der Waals surface area contributed by atoms with Crippen molar-refractivity contribution in [1.29, 1.82) is 0 Å². The van der Waals surface area contributed by atoms with E-state index in [-0.39, 0.29) is 5.41 Å². The molecule has 11 heavy (non-hydrogen) atoms. The minimum atomic E-state index is -0.478. The van der Waals surface area contributed by atoms with Crippen molar-refractivity contribution in [3.05, 3.63) is 0 Å². The summed E-state index contributed by atoms with van der Waals surface area (Å²) in [6, 6.07) is 0. The summed E-state index contributed by atoms with van der Waals surface area (Å²) in [4.78, 5) is 10.5. The van der Waals surface area contributed by atoms with Gasteiger partial charge in [-0.05, 0) is 11.8 Å². The zero-order valence-electron chi connectivity index (χ0n) is 7.68. The highest BCUT2D eigenvalue weighted by atomic mass is 16.5. The first-order valence-electron chi connectivity index (χ1n) is 3.72. The highest BCUT2D eigenvalue weighted by Crippen LogP contribution is 2.17. The Kier molecular flexibility index (Phi) is 3.93. The van der Waals surface area contributed by atoms with E-state index in [0.29, 0.717) is 6.61 Å². The van der Waals surface area contributed by atoms with Gasteiger partial charge >= 0.3 is 6.09 Å². The summed E-state index contributed by atoms with van der Waals surface area (Å²) in [7, 11) is 1.43. The standard InChI is InChI=1S/C8H16NO2/c1-8(2,3)5-6-11-7(10)9-4/h5-6H2,1-4H3. The van der Waals surface area contributed by atoms with Crippen LogP contribution in [0.25, 0.3) is 0 Å². The van der Waals surface area contributed by atoms with Crippen LogP contribution in [-0.4, -0.2) is 19.7 Å². The smallest absolute Gasteiger partial charge is 0.428 e. The van der Waals surface area contributed by atoms with E-state index >= 15 is 0 Å². The van der Waals surface area contributed by atoms with Crippen LogP contribution in [0, 0.1) is 5.41 Å². The van der Waals surface area contributed by atoms with Crippen molar-refractivity contribution < 1.29 is 9.53 Å². The van der Waals surface area contributed by atoms with Crippen molar-refractivity contribution in [3.63, 3.8) is 0 Å². The van der Waals surface area contributed by atoms with Gasteiger partial charge in [0, 0.05) is 7.05 Å². The molecule has 0 unspecified atom stereocenters. The van der Waals surface area contributed by atoms with Crippen molar-refractivity contribution >= 4 is 6.09 Å². The normalized spacial score (nSPS) is 10.9. The quantitative estimate of drug-likeness (QED) is 0.614. The van der Waals surface area contributed by atoms with Gasteiger partial charge in [0.1, 0.15) is 0 Å². The van der Waals surface area contributed by atoms with E-state index in [2.05, 4.69) is 26.1 Å². The first-order valence-corrected chi connectivity index (χ1v) is 3.72. The van der Waals surface area contributed by atoms with Gasteiger partial charge in [0.15, 0.2) is 0 Å². The SMILES string of the molecule is C[N]C(=O)OCCC(C)(C)C. The van der Waals surface area contributed by atoms with E-state index in [1.54, 1.807) is 0 Å². The van der Waals surface area contributed by atoms with Crippen LogP contribution in [0.3, 0.4) is 0 Å². The number of hydrogen-bond donors (Lipinski definition) is 0. The molecule has 1 radical (unpaired) electrons. The van der Waals surface area contributed by atoms with Gasteiger partial charge in [0.05, 0.1) is 6.61 Å². The maximum Gasteiger partial charge on any atom is 0.428 e. The molecule has 0 aromatic carbocycles. The van der Waals surface area contributed by atoms with Crippen molar-refractivity contribution in [3.8, 4) is 0 Å². The van der Waals surface area contributed by atoms with Gasteiger partial charge in [-0.2, -0.15) is 0 Å². The first kappa shape index (κ1) is 10.3. The second-order valence-electron chi connectivity index (χ2n) is 3.65. The zero-order valence-corrected chi connectivity index (χ0v) is 7.68. The van der Waals surface area contributed by atoms with Gasteiger partial charge in [0.2, 0.25) is 0 Å². The predicted molar refractivity (Wildman–Crippen MR) is 43.5 cm³/mol. The third-order valence-corrected chi connectivity index (χ3v) is 1.26. The summed E-state index contributed by atoms with van der Waals surface area (Å²) in [5.41, 5.74) is 0.216. The monoisotopic (exact) mass is 158 g/mol. The molecule has 0 spiro atoms. The minimum absolute atomic E-state index is 0.216. The van der Waals surface area contributed by atoms with Crippen LogP contribution in [0.1, 0.15) is 27.2 Å². The Morgan fingerprint density at radius 2 is 2.00 bits per heavy atom. The summed E-state index contributed by atoms with van der Waals surface area (Å²) < 4.78 is 4.76. The van der Waals surface area contributed by atoms with Crippen molar-refractivity contribution in [2.24, 2.45) is 5.41 Å². The van der Waals surface area contributed by atoms with E-state index in [1.807, 2.05) is 0 Å². The topological polar surface area (TPSA) is 40.4 Å². The van der Waals surface area contributed by atoms with Gasteiger partial charge in [0.25, 0.3) is 0 Å². The summed E-state index contributed by atoms with van der Waals surface area (Å²) in [6.07, 6.45) is 0.392. The highest BCUT2D eigenvalue weighted by molar-refractivity contribution is 5.66. The first-order chi connectivity index (χ1) is 4.95. The number of rotatable bonds is 2. The summed E-state index contributed by atoms with van der Waals surface area (Å²) in [5.74, 6) is 0. The van der Waals surface area contributed by atoms with Crippen LogP contribution < -0.4 is 5.32 Å². The average Bonchev–Trinajstić information content (AvgIpc) is 1.85. The maximum absolute atomic E-state index is 10.5. The van der Waals surface area contributed by atoms with E-state index in [0.717, 1.165) is 6.42 Å². The Morgan fingerprint density at radius 3 is 2.36 bits per heavy atom. The Morgan fingerprint density at radius 1 is 1.45 bits per heavy atom. The van der Waals surface area contributed by atoms with Crippen LogP contribution in [0.4, 0.5) is 4.79 Å². The molecule has 65 valence electrons. The lowest BCUT2D eigenvalue weighted by Crippen LogP contribution is -2.16. The third-order valence-electron chi connectivity index (χ3n) is 1.26. The molecule has 0 rings (SSSR count). The fourth-order valence-corrected chi connectivity index (χ4v) is 0.509. The van der Waals surface area contributed by atoms with Crippen molar-refractivity contribution in [2.75, 3.05) is 13.7 Å². The Balaban J connectivity index is 3.35. The van der Waals surface area contributed by atoms with Crippen LogP contribution in [0.15, 0.2) is 0 Å². The van der Waals surface area contributed by atoms with Gasteiger partial charge in [-0.15, -0.1) is 0 Å². The minimum Gasteiger partial charge on any atom is -0.448 e. The number of amides is 1. The molecule has 0 saturated carbocycles. The Labute approximate surface area is 68.1 Å². The molecule has 0 fully saturated rings. The van der Waals surface area contributed by atoms with E-state index in [9.17, 15) is 4.79 Å². The van der Waals surface area contributed by atoms with Gasteiger partial charge in [-0.1, -0.05) is 20.8 Å². The lowest BCUT2D eigenvalue weighted by atomic mass is 9.93. The molecule has 0 aromatic heterocycles. The summed E-state index contributed by atoms with van der Waals surface area (Å²) >= 11 is 0. The number of ether oxygens (including phenoxy) is 1. The Hall–Kier alpha value is -0.730. The molecule has 0 saturated heterocycles. The number of nitrogens with zero attached hydrogens (tertiary/aromatic N) is 1. The third kappa shape index (κ3) is 7.16. The summed E-state index contributed by atoms with van der Waals surface area (Å²) in [6.45, 7) is 6.76. The van der Waals surface area contributed by atoms with Crippen LogP contribution >= 0.6 is 0 Å². The molecule has 0 bridgehead atoms. The average molecular weight is 158 g/mol. The molecule has 3 nitrogen and oxygen atoms in total. The Bertz CT molecular complexity index is 127. The molecule has 0 aliphatic rings. The van der Waals surface area contributed by atoms with Gasteiger partial charge in [-0.25, -0.2) is 10.1 Å². The summed E-state index contributed by atoms with van der Waals surface area (Å²) in [5, 5.41) is 3.35. The molecule has 1 amide bonds. The van der Waals surface area contributed by atoms with Gasteiger partial charge < -0.3 is 4.74 Å². The highest BCUT2D eigenvalue weighted by Gasteiger charge is 2.10. The molecule has 3 heteroatoms. The molecule has 0 N–H and O–H groups in total. The molecule has 0 heterocycles. The molecular formula is C8H16NO2. The fraction of sp³-hybridized carbons (Fsp3) is 0.875. The predicted octanol–water partition coefficient (Wildman–Crippen LogP) is 1.79. The van der Waals surface area contributed by atoms with Crippen LogP contribution in [0.5, 0.6) is 0 Å². The lowest BCUT2D eigenvalue weighted by Gasteiger charge is -2.16. The zero-order chi connectivity index (χ0) is 8.91. The molecular weight excluding hydrogens is 142 g/mol. The lowest BCUT2D eigenvalue weighted by molar-refractivity contribution is 0.132. The number of hydrogen-bond acceptors (Lipinski definition) is 2. The number of carbonyl (C=O) groups excluding carboxylic acids is 1. The van der Waals surface area contributed by atoms with E-state index < -0.39 is 6.09 Å². The largest absolute Gasteiger partial charge is 0.448 e. The van der Waals surface area contributed by atoms with E-state index in [1.165, 1.54) is 7.05 Å². The number of carbonyl (C=O) groups is 1. The van der Waals surface area contributed by atoms with Crippen molar-refractivity contribution in [1.82, 2.24) is 5.32 Å². The van der Waals surface area contributed by atoms with Crippen LogP contribution in [-0.2, 0) is 4.74 Å².